The fraction of sp³-hybridized carbons (Fsp3) is 0.0476. The molecule has 0 bridgehead atoms. The highest BCUT2D eigenvalue weighted by atomic mass is 16.5. The highest BCUT2D eigenvalue weighted by molar-refractivity contribution is 6.07. The van der Waals surface area contributed by atoms with Crippen molar-refractivity contribution in [2.24, 2.45) is 0 Å². The van der Waals surface area contributed by atoms with Crippen LogP contribution in [0.3, 0.4) is 0 Å². The monoisotopic (exact) mass is 346 g/mol. The van der Waals surface area contributed by atoms with Gasteiger partial charge in [0.2, 0.25) is 0 Å². The van der Waals surface area contributed by atoms with Crippen molar-refractivity contribution in [3.63, 3.8) is 0 Å². The van der Waals surface area contributed by atoms with E-state index in [0.717, 1.165) is 5.69 Å². The second-order valence-corrected chi connectivity index (χ2v) is 5.55. The van der Waals surface area contributed by atoms with Gasteiger partial charge in [-0.25, -0.2) is 0 Å². The van der Waals surface area contributed by atoms with Gasteiger partial charge in [-0.1, -0.05) is 30.3 Å². The minimum Gasteiger partial charge on any atom is -0.495 e. The number of para-hydroxylation sites is 3. The van der Waals surface area contributed by atoms with Crippen LogP contribution in [0.1, 0.15) is 20.7 Å². The zero-order valence-corrected chi connectivity index (χ0v) is 14.2. The van der Waals surface area contributed by atoms with Gasteiger partial charge in [-0.2, -0.15) is 0 Å². The van der Waals surface area contributed by atoms with Crippen LogP contribution < -0.4 is 15.4 Å². The third-order valence-electron chi connectivity index (χ3n) is 3.80. The molecule has 0 fully saturated rings. The summed E-state index contributed by atoms with van der Waals surface area (Å²) in [4.78, 5) is 24.6. The molecule has 0 aliphatic heterocycles. The van der Waals surface area contributed by atoms with Gasteiger partial charge in [-0.15, -0.1) is 0 Å². The lowest BCUT2D eigenvalue weighted by atomic mass is 10.1. The van der Waals surface area contributed by atoms with Crippen molar-refractivity contribution >= 4 is 23.2 Å². The van der Waals surface area contributed by atoms with E-state index in [4.69, 9.17) is 4.74 Å². The van der Waals surface area contributed by atoms with Crippen molar-refractivity contribution < 1.29 is 14.3 Å². The van der Waals surface area contributed by atoms with E-state index in [1.807, 2.05) is 42.5 Å². The Morgan fingerprint density at radius 2 is 1.23 bits per heavy atom. The molecule has 3 rings (SSSR count). The molecule has 5 heteroatoms. The molecule has 3 aromatic rings. The van der Waals surface area contributed by atoms with E-state index >= 15 is 0 Å². The minimum atomic E-state index is -0.274. The van der Waals surface area contributed by atoms with Gasteiger partial charge in [0, 0.05) is 16.8 Å². The maximum absolute atomic E-state index is 12.4. The summed E-state index contributed by atoms with van der Waals surface area (Å²) in [6, 6.07) is 22.8. The molecule has 26 heavy (non-hydrogen) atoms. The van der Waals surface area contributed by atoms with Gasteiger partial charge in [0.15, 0.2) is 0 Å². The summed E-state index contributed by atoms with van der Waals surface area (Å²) < 4.78 is 5.22. The highest BCUT2D eigenvalue weighted by Gasteiger charge is 2.11. The molecule has 0 aromatic heterocycles. The standard InChI is InChI=1S/C21H18N2O3/c1-26-19-10-6-5-9-18(19)23-21(25)16-13-11-15(12-14-16)20(24)22-17-7-3-2-4-8-17/h2-14H,1H3,(H,22,24)(H,23,25). The average molecular weight is 346 g/mol. The van der Waals surface area contributed by atoms with Crippen LogP contribution in [0.15, 0.2) is 78.9 Å². The number of amides is 2. The lowest BCUT2D eigenvalue weighted by molar-refractivity contribution is 0.101. The number of rotatable bonds is 5. The van der Waals surface area contributed by atoms with Gasteiger partial charge in [-0.3, -0.25) is 9.59 Å². The number of nitrogens with one attached hydrogen (secondary N) is 2. The fourth-order valence-corrected chi connectivity index (χ4v) is 2.44. The van der Waals surface area contributed by atoms with Crippen molar-refractivity contribution in [3.05, 3.63) is 90.0 Å². The molecule has 0 aliphatic carbocycles. The smallest absolute Gasteiger partial charge is 0.255 e. The van der Waals surface area contributed by atoms with Gasteiger partial charge in [-0.05, 0) is 48.5 Å². The number of methoxy groups -OCH3 is 1. The first-order chi connectivity index (χ1) is 12.7. The largest absolute Gasteiger partial charge is 0.495 e. The second-order valence-electron chi connectivity index (χ2n) is 5.55. The van der Waals surface area contributed by atoms with Crippen LogP contribution in [-0.4, -0.2) is 18.9 Å². The molecule has 5 nitrogen and oxygen atoms in total. The number of anilines is 2. The Kier molecular flexibility index (Phi) is 5.29. The molecule has 130 valence electrons. The Labute approximate surface area is 151 Å². The maximum Gasteiger partial charge on any atom is 0.255 e. The van der Waals surface area contributed by atoms with Crippen molar-refractivity contribution in [2.45, 2.75) is 0 Å². The van der Waals surface area contributed by atoms with Crippen LogP contribution in [0.25, 0.3) is 0 Å². The van der Waals surface area contributed by atoms with E-state index in [0.29, 0.717) is 22.6 Å². The predicted molar refractivity (Wildman–Crippen MR) is 102 cm³/mol. The van der Waals surface area contributed by atoms with E-state index in [1.165, 1.54) is 0 Å². The number of hydrogen-bond acceptors (Lipinski definition) is 3. The van der Waals surface area contributed by atoms with Crippen molar-refractivity contribution in [2.75, 3.05) is 17.7 Å². The summed E-state index contributed by atoms with van der Waals surface area (Å²) in [7, 11) is 1.55. The molecule has 3 aromatic carbocycles. The molecule has 0 unspecified atom stereocenters. The summed E-state index contributed by atoms with van der Waals surface area (Å²) in [6.45, 7) is 0. The molecule has 0 aliphatic rings. The predicted octanol–water partition coefficient (Wildman–Crippen LogP) is 4.20. The topological polar surface area (TPSA) is 67.4 Å². The van der Waals surface area contributed by atoms with Gasteiger partial charge in [0.05, 0.1) is 12.8 Å². The number of carbonyl (C=O) groups excluding carboxylic acids is 2. The molecule has 0 saturated heterocycles. The molecule has 2 N–H and O–H groups in total. The highest BCUT2D eigenvalue weighted by Crippen LogP contribution is 2.23. The van der Waals surface area contributed by atoms with E-state index in [1.54, 1.807) is 43.5 Å². The van der Waals surface area contributed by atoms with E-state index in [2.05, 4.69) is 10.6 Å². The van der Waals surface area contributed by atoms with Crippen LogP contribution >= 0.6 is 0 Å². The van der Waals surface area contributed by atoms with Gasteiger partial charge >= 0.3 is 0 Å². The molecule has 0 atom stereocenters. The second kappa shape index (κ2) is 7.98. The molecule has 0 heterocycles. The summed E-state index contributed by atoms with van der Waals surface area (Å²) in [5.41, 5.74) is 2.23. The Bertz CT molecular complexity index is 906. The van der Waals surface area contributed by atoms with Crippen molar-refractivity contribution in [1.29, 1.82) is 0 Å². The first-order valence-corrected chi connectivity index (χ1v) is 8.08. The Hall–Kier alpha value is -3.60. The number of carbonyl (C=O) groups is 2. The van der Waals surface area contributed by atoms with Crippen LogP contribution in [-0.2, 0) is 0 Å². The Balaban J connectivity index is 1.69. The molecular formula is C21H18N2O3. The molecule has 2 amide bonds. The van der Waals surface area contributed by atoms with Crippen LogP contribution in [0, 0.1) is 0 Å². The van der Waals surface area contributed by atoms with E-state index < -0.39 is 0 Å². The average Bonchev–Trinajstić information content (AvgIpc) is 2.69. The van der Waals surface area contributed by atoms with E-state index in [9.17, 15) is 9.59 Å². The summed E-state index contributed by atoms with van der Waals surface area (Å²) in [5.74, 6) is 0.0807. The molecule has 0 spiro atoms. The Morgan fingerprint density at radius 1 is 0.692 bits per heavy atom. The summed E-state index contributed by atoms with van der Waals surface area (Å²) in [6.07, 6.45) is 0. The summed E-state index contributed by atoms with van der Waals surface area (Å²) in [5, 5.41) is 5.61. The third-order valence-corrected chi connectivity index (χ3v) is 3.80. The molecule has 0 radical (unpaired) electrons. The summed E-state index contributed by atoms with van der Waals surface area (Å²) >= 11 is 0. The zero-order chi connectivity index (χ0) is 18.4. The van der Waals surface area contributed by atoms with Crippen LogP contribution in [0.2, 0.25) is 0 Å². The lowest BCUT2D eigenvalue weighted by Gasteiger charge is -2.10. The first kappa shape index (κ1) is 17.2. The lowest BCUT2D eigenvalue weighted by Crippen LogP contribution is -2.14. The molecular weight excluding hydrogens is 328 g/mol. The Morgan fingerprint density at radius 3 is 1.85 bits per heavy atom. The van der Waals surface area contributed by atoms with E-state index in [-0.39, 0.29) is 11.8 Å². The fourth-order valence-electron chi connectivity index (χ4n) is 2.44. The quantitative estimate of drug-likeness (QED) is 0.727. The van der Waals surface area contributed by atoms with Crippen molar-refractivity contribution in [3.8, 4) is 5.75 Å². The van der Waals surface area contributed by atoms with Gasteiger partial charge < -0.3 is 15.4 Å². The minimum absolute atomic E-state index is 0.229. The number of hydrogen-bond donors (Lipinski definition) is 2. The normalized spacial score (nSPS) is 10.0. The van der Waals surface area contributed by atoms with Crippen LogP contribution in [0.5, 0.6) is 5.75 Å². The van der Waals surface area contributed by atoms with Gasteiger partial charge in [0.25, 0.3) is 11.8 Å². The number of ether oxygens (including phenoxy) is 1. The third kappa shape index (κ3) is 4.08. The first-order valence-electron chi connectivity index (χ1n) is 8.08. The van der Waals surface area contributed by atoms with Gasteiger partial charge in [0.1, 0.15) is 5.75 Å². The zero-order valence-electron chi connectivity index (χ0n) is 14.2. The maximum atomic E-state index is 12.4. The number of benzene rings is 3. The molecule has 0 saturated carbocycles. The SMILES string of the molecule is COc1ccccc1NC(=O)c1ccc(C(=O)Nc2ccccc2)cc1. The van der Waals surface area contributed by atoms with Crippen LogP contribution in [0.4, 0.5) is 11.4 Å². The van der Waals surface area contributed by atoms with Crippen molar-refractivity contribution in [1.82, 2.24) is 0 Å².